The van der Waals surface area contributed by atoms with Crippen LogP contribution in [-0.4, -0.2) is 41.6 Å². The highest BCUT2D eigenvalue weighted by atomic mass is 19.1. The van der Waals surface area contributed by atoms with Crippen molar-refractivity contribution in [2.24, 2.45) is 0 Å². The standard InChI is InChI=1S/C24H24FN3O2/c25-19-4-2-11-28(15-19)24(30)17-6-7-20-16(13-17)3-1-5-22(20)27-12-9-21-18(14-27)8-10-26-23(21)29/h1,3,5-8,10,13,19H,2,4,9,11-12,14-15H2,(H,26,29)/t19-/m1/s1. The number of carbonyl (C=O) groups excluding carboxylic acids is 1. The van der Waals surface area contributed by atoms with Crippen LogP contribution in [0.2, 0.25) is 0 Å². The summed E-state index contributed by atoms with van der Waals surface area (Å²) in [5.74, 6) is -0.101. The van der Waals surface area contributed by atoms with Gasteiger partial charge in [-0.2, -0.15) is 0 Å². The first-order chi connectivity index (χ1) is 14.6. The summed E-state index contributed by atoms with van der Waals surface area (Å²) in [6.07, 6.45) is 2.73. The number of H-pyrrole nitrogens is 1. The van der Waals surface area contributed by atoms with Crippen molar-refractivity contribution in [1.29, 1.82) is 0 Å². The Bertz CT molecular complexity index is 1170. The number of hydrogen-bond donors (Lipinski definition) is 1. The molecule has 154 valence electrons. The van der Waals surface area contributed by atoms with Gasteiger partial charge in [0.25, 0.3) is 11.5 Å². The number of likely N-dealkylation sites (tertiary alicyclic amines) is 1. The first-order valence-corrected chi connectivity index (χ1v) is 10.5. The number of hydrogen-bond acceptors (Lipinski definition) is 3. The summed E-state index contributed by atoms with van der Waals surface area (Å²) in [6, 6.07) is 13.8. The van der Waals surface area contributed by atoms with Crippen LogP contribution >= 0.6 is 0 Å². The molecule has 2 aliphatic rings. The molecule has 2 aliphatic heterocycles. The van der Waals surface area contributed by atoms with E-state index < -0.39 is 6.17 Å². The molecule has 1 aromatic heterocycles. The Balaban J connectivity index is 1.45. The van der Waals surface area contributed by atoms with Crippen LogP contribution in [0.15, 0.2) is 53.5 Å². The summed E-state index contributed by atoms with van der Waals surface area (Å²) in [6.45, 7) is 2.25. The first kappa shape index (κ1) is 18.9. The number of nitrogens with one attached hydrogen (secondary N) is 1. The number of nitrogens with zero attached hydrogens (tertiary/aromatic N) is 2. The minimum Gasteiger partial charge on any atom is -0.366 e. The molecule has 1 fully saturated rings. The number of amides is 1. The SMILES string of the molecule is O=C(c1ccc2c(N3CCc4c(cc[nH]c4=O)C3)cccc2c1)N1CCC[C@@H](F)C1. The van der Waals surface area contributed by atoms with E-state index in [1.807, 2.05) is 36.4 Å². The molecular weight excluding hydrogens is 381 g/mol. The fourth-order valence-corrected chi connectivity index (χ4v) is 4.68. The molecule has 0 bridgehead atoms. The molecule has 0 spiro atoms. The van der Waals surface area contributed by atoms with Crippen LogP contribution in [0.5, 0.6) is 0 Å². The predicted molar refractivity (Wildman–Crippen MR) is 116 cm³/mol. The van der Waals surface area contributed by atoms with Crippen molar-refractivity contribution in [3.8, 4) is 0 Å². The van der Waals surface area contributed by atoms with Gasteiger partial charge in [-0.15, -0.1) is 0 Å². The van der Waals surface area contributed by atoms with Crippen LogP contribution in [0.1, 0.15) is 34.3 Å². The van der Waals surface area contributed by atoms with E-state index in [0.717, 1.165) is 34.1 Å². The Hall–Kier alpha value is -3.15. The number of alkyl halides is 1. The molecule has 3 heterocycles. The van der Waals surface area contributed by atoms with E-state index in [1.165, 1.54) is 0 Å². The largest absolute Gasteiger partial charge is 0.366 e. The highest BCUT2D eigenvalue weighted by Gasteiger charge is 2.25. The molecule has 3 aromatic rings. The zero-order chi connectivity index (χ0) is 20.7. The van der Waals surface area contributed by atoms with E-state index >= 15 is 0 Å². The highest BCUT2D eigenvalue weighted by molar-refractivity contribution is 6.02. The van der Waals surface area contributed by atoms with Gasteiger partial charge in [0.1, 0.15) is 6.17 Å². The zero-order valence-corrected chi connectivity index (χ0v) is 16.7. The van der Waals surface area contributed by atoms with Gasteiger partial charge in [-0.05, 0) is 54.5 Å². The van der Waals surface area contributed by atoms with Crippen LogP contribution in [0.25, 0.3) is 10.8 Å². The van der Waals surface area contributed by atoms with Crippen molar-refractivity contribution in [3.05, 3.63) is 75.7 Å². The number of pyridine rings is 1. The van der Waals surface area contributed by atoms with Gasteiger partial charge in [0.2, 0.25) is 0 Å². The summed E-state index contributed by atoms with van der Waals surface area (Å²) in [7, 11) is 0. The first-order valence-electron chi connectivity index (χ1n) is 10.5. The molecule has 1 saturated heterocycles. The Morgan fingerprint density at radius 1 is 1.13 bits per heavy atom. The number of carbonyl (C=O) groups is 1. The van der Waals surface area contributed by atoms with Gasteiger partial charge in [0.15, 0.2) is 0 Å². The molecule has 0 unspecified atom stereocenters. The molecule has 30 heavy (non-hydrogen) atoms. The molecule has 0 saturated carbocycles. The minimum atomic E-state index is -0.927. The summed E-state index contributed by atoms with van der Waals surface area (Å²) < 4.78 is 13.7. The van der Waals surface area contributed by atoms with Crippen molar-refractivity contribution in [1.82, 2.24) is 9.88 Å². The number of aromatic amines is 1. The second-order valence-electron chi connectivity index (χ2n) is 8.19. The zero-order valence-electron chi connectivity index (χ0n) is 16.7. The lowest BCUT2D eigenvalue weighted by Crippen LogP contribution is -2.40. The fourth-order valence-electron chi connectivity index (χ4n) is 4.68. The molecule has 1 amide bonds. The van der Waals surface area contributed by atoms with Gasteiger partial charge in [-0.1, -0.05) is 18.2 Å². The second kappa shape index (κ2) is 7.59. The normalized spacial score (nSPS) is 19.0. The number of fused-ring (bicyclic) bond motifs is 2. The maximum Gasteiger partial charge on any atom is 0.253 e. The number of rotatable bonds is 2. The van der Waals surface area contributed by atoms with Gasteiger partial charge < -0.3 is 14.8 Å². The van der Waals surface area contributed by atoms with Crippen molar-refractivity contribution in [3.63, 3.8) is 0 Å². The summed E-state index contributed by atoms with van der Waals surface area (Å²) in [5.41, 5.74) is 3.62. The molecule has 1 N–H and O–H groups in total. The Kier molecular flexibility index (Phi) is 4.77. The Morgan fingerprint density at radius 2 is 2.03 bits per heavy atom. The minimum absolute atomic E-state index is 0.00135. The third-order valence-electron chi connectivity index (χ3n) is 6.25. The molecule has 6 heteroatoms. The monoisotopic (exact) mass is 405 g/mol. The van der Waals surface area contributed by atoms with Crippen molar-refractivity contribution < 1.29 is 9.18 Å². The van der Waals surface area contributed by atoms with Gasteiger partial charge in [-0.25, -0.2) is 4.39 Å². The highest BCUT2D eigenvalue weighted by Crippen LogP contribution is 2.31. The van der Waals surface area contributed by atoms with Crippen LogP contribution in [0.3, 0.4) is 0 Å². The van der Waals surface area contributed by atoms with Crippen LogP contribution in [0, 0.1) is 0 Å². The summed E-state index contributed by atoms with van der Waals surface area (Å²) in [4.78, 5) is 31.6. The smallest absolute Gasteiger partial charge is 0.253 e. The Labute approximate surface area is 174 Å². The molecule has 2 aromatic carbocycles. The number of piperidine rings is 1. The molecular formula is C24H24FN3O2. The average molecular weight is 405 g/mol. The van der Waals surface area contributed by atoms with Crippen LogP contribution < -0.4 is 10.5 Å². The van der Waals surface area contributed by atoms with E-state index in [-0.39, 0.29) is 18.0 Å². The third kappa shape index (κ3) is 3.36. The lowest BCUT2D eigenvalue weighted by atomic mass is 9.99. The number of anilines is 1. The van der Waals surface area contributed by atoms with Gasteiger partial charge in [0.05, 0.1) is 6.54 Å². The summed E-state index contributed by atoms with van der Waals surface area (Å²) in [5, 5.41) is 2.06. The predicted octanol–water partition coefficient (Wildman–Crippen LogP) is 3.66. The van der Waals surface area contributed by atoms with Crippen LogP contribution in [0.4, 0.5) is 10.1 Å². The molecule has 0 radical (unpaired) electrons. The fraction of sp³-hybridized carbons (Fsp3) is 0.333. The molecule has 5 rings (SSSR count). The van der Waals surface area contributed by atoms with Crippen molar-refractivity contribution in [2.45, 2.75) is 32.0 Å². The maximum absolute atomic E-state index is 13.7. The Morgan fingerprint density at radius 3 is 2.90 bits per heavy atom. The number of benzene rings is 2. The van der Waals surface area contributed by atoms with E-state index in [0.29, 0.717) is 37.9 Å². The number of aromatic nitrogens is 1. The quantitative estimate of drug-likeness (QED) is 0.708. The molecule has 1 atom stereocenters. The molecule has 0 aliphatic carbocycles. The van der Waals surface area contributed by atoms with E-state index in [9.17, 15) is 14.0 Å². The van der Waals surface area contributed by atoms with Crippen molar-refractivity contribution >= 4 is 22.4 Å². The molecule has 5 nitrogen and oxygen atoms in total. The topological polar surface area (TPSA) is 56.4 Å². The van der Waals surface area contributed by atoms with E-state index in [2.05, 4.69) is 16.0 Å². The number of halogens is 1. The second-order valence-corrected chi connectivity index (χ2v) is 8.19. The maximum atomic E-state index is 13.7. The van der Waals surface area contributed by atoms with E-state index in [1.54, 1.807) is 11.1 Å². The average Bonchev–Trinajstić information content (AvgIpc) is 2.78. The van der Waals surface area contributed by atoms with Gasteiger partial charge in [-0.3, -0.25) is 9.59 Å². The van der Waals surface area contributed by atoms with Crippen LogP contribution in [-0.2, 0) is 13.0 Å². The lowest BCUT2D eigenvalue weighted by Gasteiger charge is -2.31. The van der Waals surface area contributed by atoms with E-state index in [4.69, 9.17) is 0 Å². The van der Waals surface area contributed by atoms with Gasteiger partial charge in [0, 0.05) is 48.0 Å². The van der Waals surface area contributed by atoms with Gasteiger partial charge >= 0.3 is 0 Å². The van der Waals surface area contributed by atoms with Crippen molar-refractivity contribution in [2.75, 3.05) is 24.5 Å². The lowest BCUT2D eigenvalue weighted by molar-refractivity contribution is 0.0636. The summed E-state index contributed by atoms with van der Waals surface area (Å²) >= 11 is 0. The third-order valence-corrected chi connectivity index (χ3v) is 6.25.